The van der Waals surface area contributed by atoms with Gasteiger partial charge < -0.3 is 10.0 Å². The van der Waals surface area contributed by atoms with Crippen molar-refractivity contribution in [2.45, 2.75) is 26.3 Å². The molecule has 0 fully saturated rings. The summed E-state index contributed by atoms with van der Waals surface area (Å²) in [6.07, 6.45) is 1.34. The molecule has 0 aliphatic heterocycles. The van der Waals surface area contributed by atoms with Crippen molar-refractivity contribution in [1.29, 1.82) is 0 Å². The van der Waals surface area contributed by atoms with Crippen molar-refractivity contribution in [3.8, 4) is 0 Å². The van der Waals surface area contributed by atoms with Gasteiger partial charge in [-0.25, -0.2) is 4.98 Å². The van der Waals surface area contributed by atoms with Crippen LogP contribution in [-0.4, -0.2) is 39.0 Å². The third-order valence-electron chi connectivity index (χ3n) is 2.32. The molecule has 1 aromatic heterocycles. The molecule has 6 heteroatoms. The standard InChI is InChI=1S/C12H15ClN2O3/c1-12(2,3)15(7-10(16)17)11(18)8-4-5-9(13)14-6-8/h4-6H,7H2,1-3H3,(H,16,17). The highest BCUT2D eigenvalue weighted by atomic mass is 35.5. The molecule has 1 rings (SSSR count). The minimum absolute atomic E-state index is 0.284. The molecule has 18 heavy (non-hydrogen) atoms. The first-order valence-electron chi connectivity index (χ1n) is 5.37. The second-order valence-electron chi connectivity index (χ2n) is 4.83. The maximum atomic E-state index is 12.2. The Morgan fingerprint density at radius 2 is 2.00 bits per heavy atom. The van der Waals surface area contributed by atoms with E-state index in [9.17, 15) is 9.59 Å². The fraction of sp³-hybridized carbons (Fsp3) is 0.417. The quantitative estimate of drug-likeness (QED) is 0.854. The van der Waals surface area contributed by atoms with E-state index in [0.717, 1.165) is 0 Å². The van der Waals surface area contributed by atoms with Crippen LogP contribution >= 0.6 is 11.6 Å². The zero-order chi connectivity index (χ0) is 13.9. The van der Waals surface area contributed by atoms with E-state index < -0.39 is 11.5 Å². The van der Waals surface area contributed by atoms with E-state index >= 15 is 0 Å². The molecule has 0 unspecified atom stereocenters. The van der Waals surface area contributed by atoms with E-state index in [1.54, 1.807) is 20.8 Å². The number of carbonyl (C=O) groups is 2. The molecule has 0 aromatic carbocycles. The number of nitrogens with zero attached hydrogens (tertiary/aromatic N) is 2. The number of hydrogen-bond acceptors (Lipinski definition) is 3. The summed E-state index contributed by atoms with van der Waals surface area (Å²) in [5.74, 6) is -1.44. The molecule has 1 amide bonds. The minimum atomic E-state index is -1.06. The topological polar surface area (TPSA) is 70.5 Å². The molecule has 1 N–H and O–H groups in total. The van der Waals surface area contributed by atoms with Gasteiger partial charge in [0.2, 0.25) is 0 Å². The van der Waals surface area contributed by atoms with Crippen LogP contribution in [0.15, 0.2) is 18.3 Å². The Balaban J connectivity index is 3.02. The normalized spacial score (nSPS) is 11.1. The molecule has 0 bridgehead atoms. The molecule has 0 atom stereocenters. The van der Waals surface area contributed by atoms with Crippen molar-refractivity contribution in [1.82, 2.24) is 9.88 Å². The molecule has 0 spiro atoms. The Labute approximate surface area is 110 Å². The van der Waals surface area contributed by atoms with E-state index in [1.165, 1.54) is 23.2 Å². The van der Waals surface area contributed by atoms with Gasteiger partial charge in [-0.3, -0.25) is 9.59 Å². The molecule has 0 saturated heterocycles. The average Bonchev–Trinajstić information content (AvgIpc) is 2.24. The number of halogens is 1. The highest BCUT2D eigenvalue weighted by Gasteiger charge is 2.29. The predicted octanol–water partition coefficient (Wildman–Crippen LogP) is 2.06. The van der Waals surface area contributed by atoms with E-state index in [0.29, 0.717) is 5.56 Å². The number of carbonyl (C=O) groups excluding carboxylic acids is 1. The number of carboxylic acids is 1. The van der Waals surface area contributed by atoms with Gasteiger partial charge in [0, 0.05) is 11.7 Å². The Bertz CT molecular complexity index is 451. The van der Waals surface area contributed by atoms with Crippen LogP contribution in [0.3, 0.4) is 0 Å². The first-order chi connectivity index (χ1) is 8.21. The molecule has 98 valence electrons. The lowest BCUT2D eigenvalue weighted by molar-refractivity contribution is -0.138. The van der Waals surface area contributed by atoms with Crippen LogP contribution in [-0.2, 0) is 4.79 Å². The SMILES string of the molecule is CC(C)(C)N(CC(=O)O)C(=O)c1ccc(Cl)nc1. The van der Waals surface area contributed by atoms with Gasteiger partial charge in [-0.05, 0) is 32.9 Å². The molecule has 1 aromatic rings. The van der Waals surface area contributed by atoms with Gasteiger partial charge in [-0.1, -0.05) is 11.6 Å². The zero-order valence-corrected chi connectivity index (χ0v) is 11.2. The summed E-state index contributed by atoms with van der Waals surface area (Å²) in [6, 6.07) is 3.02. The lowest BCUT2D eigenvalue weighted by atomic mass is 10.0. The predicted molar refractivity (Wildman–Crippen MR) is 67.7 cm³/mol. The number of rotatable bonds is 3. The first-order valence-corrected chi connectivity index (χ1v) is 5.75. The van der Waals surface area contributed by atoms with Crippen LogP contribution < -0.4 is 0 Å². The molecule has 0 radical (unpaired) electrons. The van der Waals surface area contributed by atoms with Gasteiger partial charge in [0.1, 0.15) is 11.7 Å². The van der Waals surface area contributed by atoms with Gasteiger partial charge in [0.15, 0.2) is 0 Å². The maximum Gasteiger partial charge on any atom is 0.323 e. The second kappa shape index (κ2) is 5.35. The summed E-state index contributed by atoms with van der Waals surface area (Å²) < 4.78 is 0. The maximum absolute atomic E-state index is 12.2. The largest absolute Gasteiger partial charge is 0.480 e. The Morgan fingerprint density at radius 3 is 2.39 bits per heavy atom. The van der Waals surface area contributed by atoms with Gasteiger partial charge in [0.05, 0.1) is 5.56 Å². The Kier molecular flexibility index (Phi) is 4.29. The molecular formula is C12H15ClN2O3. The molecular weight excluding hydrogens is 256 g/mol. The van der Waals surface area contributed by atoms with E-state index in [1.807, 2.05) is 0 Å². The monoisotopic (exact) mass is 270 g/mol. The van der Waals surface area contributed by atoms with E-state index in [2.05, 4.69) is 4.98 Å². The van der Waals surface area contributed by atoms with E-state index in [-0.39, 0.29) is 17.6 Å². The zero-order valence-electron chi connectivity index (χ0n) is 10.5. The molecule has 1 heterocycles. The van der Waals surface area contributed by atoms with Crippen molar-refractivity contribution in [2.24, 2.45) is 0 Å². The third kappa shape index (κ3) is 3.70. The van der Waals surface area contributed by atoms with Gasteiger partial charge in [-0.15, -0.1) is 0 Å². The number of aliphatic carboxylic acids is 1. The van der Waals surface area contributed by atoms with Gasteiger partial charge in [-0.2, -0.15) is 0 Å². The minimum Gasteiger partial charge on any atom is -0.480 e. The van der Waals surface area contributed by atoms with Crippen molar-refractivity contribution in [2.75, 3.05) is 6.54 Å². The van der Waals surface area contributed by atoms with Crippen LogP contribution in [0.25, 0.3) is 0 Å². The highest BCUT2D eigenvalue weighted by Crippen LogP contribution is 2.17. The van der Waals surface area contributed by atoms with Crippen LogP contribution in [0.5, 0.6) is 0 Å². The van der Waals surface area contributed by atoms with Crippen molar-refractivity contribution in [3.05, 3.63) is 29.0 Å². The summed E-state index contributed by atoms with van der Waals surface area (Å²) >= 11 is 5.64. The smallest absolute Gasteiger partial charge is 0.323 e. The summed E-state index contributed by atoms with van der Waals surface area (Å²) in [4.78, 5) is 28.1. The third-order valence-corrected chi connectivity index (χ3v) is 2.55. The first kappa shape index (κ1) is 14.4. The highest BCUT2D eigenvalue weighted by molar-refractivity contribution is 6.29. The second-order valence-corrected chi connectivity index (χ2v) is 5.21. The fourth-order valence-corrected chi connectivity index (χ4v) is 1.52. The Hall–Kier alpha value is -1.62. The molecule has 5 nitrogen and oxygen atoms in total. The summed E-state index contributed by atoms with van der Waals surface area (Å²) in [7, 11) is 0. The molecule has 0 aliphatic carbocycles. The average molecular weight is 271 g/mol. The van der Waals surface area contributed by atoms with E-state index in [4.69, 9.17) is 16.7 Å². The number of aromatic nitrogens is 1. The van der Waals surface area contributed by atoms with Crippen LogP contribution in [0.1, 0.15) is 31.1 Å². The van der Waals surface area contributed by atoms with Crippen LogP contribution in [0.2, 0.25) is 5.15 Å². The van der Waals surface area contributed by atoms with Gasteiger partial charge in [0.25, 0.3) is 5.91 Å². The lowest BCUT2D eigenvalue weighted by Crippen LogP contribution is -2.48. The summed E-state index contributed by atoms with van der Waals surface area (Å²) in [6.45, 7) is 4.97. The fourth-order valence-electron chi connectivity index (χ4n) is 1.41. The molecule has 0 aliphatic rings. The summed E-state index contributed by atoms with van der Waals surface area (Å²) in [5.41, 5.74) is -0.273. The Morgan fingerprint density at radius 1 is 1.39 bits per heavy atom. The van der Waals surface area contributed by atoms with Gasteiger partial charge >= 0.3 is 5.97 Å². The van der Waals surface area contributed by atoms with Crippen molar-refractivity contribution >= 4 is 23.5 Å². The summed E-state index contributed by atoms with van der Waals surface area (Å²) in [5, 5.41) is 9.14. The number of amides is 1. The van der Waals surface area contributed by atoms with Crippen LogP contribution in [0.4, 0.5) is 0 Å². The lowest BCUT2D eigenvalue weighted by Gasteiger charge is -2.34. The van der Waals surface area contributed by atoms with Crippen molar-refractivity contribution < 1.29 is 14.7 Å². The van der Waals surface area contributed by atoms with Crippen LogP contribution in [0, 0.1) is 0 Å². The number of hydrogen-bond donors (Lipinski definition) is 1. The molecule has 0 saturated carbocycles. The number of pyridine rings is 1. The van der Waals surface area contributed by atoms with Crippen molar-refractivity contribution in [3.63, 3.8) is 0 Å². The number of carboxylic acid groups (broad SMARTS) is 1.